The molecule has 12 heavy (non-hydrogen) atoms. The van der Waals surface area contributed by atoms with Crippen LogP contribution in [0.3, 0.4) is 0 Å². The Kier molecular flexibility index (Phi) is 4.04. The van der Waals surface area contributed by atoms with Gasteiger partial charge < -0.3 is 5.73 Å². The molecule has 0 aromatic heterocycles. The van der Waals surface area contributed by atoms with Crippen molar-refractivity contribution in [2.75, 3.05) is 0 Å². The van der Waals surface area contributed by atoms with Crippen LogP contribution in [0.2, 0.25) is 0 Å². The molecule has 0 saturated heterocycles. The third kappa shape index (κ3) is 3.18. The van der Waals surface area contributed by atoms with Crippen LogP contribution in [-0.4, -0.2) is 4.92 Å². The molecule has 0 rings (SSSR count). The highest BCUT2D eigenvalue weighted by Gasteiger charge is 2.02. The van der Waals surface area contributed by atoms with E-state index in [-0.39, 0.29) is 5.70 Å². The second-order valence-corrected chi connectivity index (χ2v) is 2.63. The minimum absolute atomic E-state index is 0.0697. The van der Waals surface area contributed by atoms with Crippen molar-refractivity contribution in [3.63, 3.8) is 0 Å². The van der Waals surface area contributed by atoms with E-state index >= 15 is 0 Å². The molecule has 4 nitrogen and oxygen atoms in total. The van der Waals surface area contributed by atoms with Crippen LogP contribution in [0, 0.1) is 10.1 Å². The molecule has 0 spiro atoms. The maximum absolute atomic E-state index is 10.2. The molecule has 0 fully saturated rings. The fourth-order valence-corrected chi connectivity index (χ4v) is 0.605. The van der Waals surface area contributed by atoms with Crippen LogP contribution in [-0.2, 0) is 0 Å². The molecule has 0 aliphatic heterocycles. The summed E-state index contributed by atoms with van der Waals surface area (Å²) in [4.78, 5) is 9.76. The number of allylic oxidation sites excluding steroid dienone is 3. The van der Waals surface area contributed by atoms with Crippen LogP contribution < -0.4 is 5.73 Å². The van der Waals surface area contributed by atoms with Crippen molar-refractivity contribution >= 4 is 0 Å². The maximum atomic E-state index is 10.2. The van der Waals surface area contributed by atoms with Crippen LogP contribution in [0.5, 0.6) is 0 Å². The summed E-state index contributed by atoms with van der Waals surface area (Å²) in [5, 5.41) is 10.2. The molecule has 0 aromatic rings. The van der Waals surface area contributed by atoms with Crippen LogP contribution in [0.15, 0.2) is 23.0 Å². The van der Waals surface area contributed by atoms with Gasteiger partial charge in [-0.2, -0.15) is 0 Å². The second kappa shape index (κ2) is 4.54. The van der Waals surface area contributed by atoms with Gasteiger partial charge in [0.2, 0.25) is 5.70 Å². The number of hydrogen-bond acceptors (Lipinski definition) is 3. The van der Waals surface area contributed by atoms with Crippen molar-refractivity contribution in [2.24, 2.45) is 5.73 Å². The molecule has 0 bridgehead atoms. The van der Waals surface area contributed by atoms with Gasteiger partial charge in [0.25, 0.3) is 0 Å². The maximum Gasteiger partial charge on any atom is 0.245 e. The topological polar surface area (TPSA) is 69.2 Å². The van der Waals surface area contributed by atoms with Crippen molar-refractivity contribution in [1.82, 2.24) is 0 Å². The van der Waals surface area contributed by atoms with E-state index in [1.807, 2.05) is 13.8 Å². The molecule has 0 unspecified atom stereocenters. The first-order valence-corrected chi connectivity index (χ1v) is 3.77. The Bertz CT molecular complexity index is 241. The van der Waals surface area contributed by atoms with Gasteiger partial charge in [0.15, 0.2) is 0 Å². The predicted octanol–water partition coefficient (Wildman–Crippen LogP) is 1.81. The van der Waals surface area contributed by atoms with E-state index < -0.39 is 4.92 Å². The van der Waals surface area contributed by atoms with Gasteiger partial charge in [-0.25, -0.2) is 0 Å². The lowest BCUT2D eigenvalue weighted by atomic mass is 10.2. The van der Waals surface area contributed by atoms with E-state index in [4.69, 9.17) is 5.73 Å². The Morgan fingerprint density at radius 1 is 1.58 bits per heavy atom. The van der Waals surface area contributed by atoms with E-state index in [9.17, 15) is 10.1 Å². The van der Waals surface area contributed by atoms with E-state index in [0.29, 0.717) is 5.70 Å². The summed E-state index contributed by atoms with van der Waals surface area (Å²) in [6.07, 6.45) is 2.20. The molecular weight excluding hydrogens is 156 g/mol. The summed E-state index contributed by atoms with van der Waals surface area (Å²) in [5.41, 5.74) is 7.10. The van der Waals surface area contributed by atoms with E-state index in [1.165, 1.54) is 13.0 Å². The monoisotopic (exact) mass is 170 g/mol. The summed E-state index contributed by atoms with van der Waals surface area (Å²) >= 11 is 0. The molecular formula is C8H14N2O2. The molecule has 0 aliphatic carbocycles. The van der Waals surface area contributed by atoms with Crippen molar-refractivity contribution in [2.45, 2.75) is 27.2 Å². The smallest absolute Gasteiger partial charge is 0.245 e. The third-order valence-electron chi connectivity index (χ3n) is 1.68. The van der Waals surface area contributed by atoms with Crippen molar-refractivity contribution < 1.29 is 4.92 Å². The van der Waals surface area contributed by atoms with Gasteiger partial charge in [0, 0.05) is 18.7 Å². The highest BCUT2D eigenvalue weighted by Crippen LogP contribution is 2.06. The van der Waals surface area contributed by atoms with Crippen molar-refractivity contribution in [1.29, 1.82) is 0 Å². The zero-order chi connectivity index (χ0) is 9.72. The number of nitrogens with two attached hydrogens (primary N) is 1. The predicted molar refractivity (Wildman–Crippen MR) is 47.9 cm³/mol. The molecule has 0 amide bonds. The molecule has 0 saturated carbocycles. The normalized spacial score (nSPS) is 14.1. The van der Waals surface area contributed by atoms with Crippen LogP contribution in [0.4, 0.5) is 0 Å². The van der Waals surface area contributed by atoms with Gasteiger partial charge in [-0.15, -0.1) is 0 Å². The highest BCUT2D eigenvalue weighted by molar-refractivity contribution is 5.22. The minimum atomic E-state index is -0.449. The fraction of sp³-hybridized carbons (Fsp3) is 0.500. The third-order valence-corrected chi connectivity index (χ3v) is 1.68. The van der Waals surface area contributed by atoms with E-state index in [0.717, 1.165) is 12.0 Å². The number of rotatable bonds is 3. The van der Waals surface area contributed by atoms with Crippen LogP contribution in [0.1, 0.15) is 27.2 Å². The Hall–Kier alpha value is -1.32. The highest BCUT2D eigenvalue weighted by atomic mass is 16.6. The van der Waals surface area contributed by atoms with Crippen LogP contribution >= 0.6 is 0 Å². The lowest BCUT2D eigenvalue weighted by Gasteiger charge is -1.98. The summed E-state index contributed by atoms with van der Waals surface area (Å²) < 4.78 is 0. The summed E-state index contributed by atoms with van der Waals surface area (Å²) in [6.45, 7) is 5.24. The molecule has 0 atom stereocenters. The molecule has 4 heteroatoms. The molecule has 0 heterocycles. The first-order chi connectivity index (χ1) is 5.49. The summed E-state index contributed by atoms with van der Waals surface area (Å²) in [6, 6.07) is 0. The van der Waals surface area contributed by atoms with Crippen molar-refractivity contribution in [3.05, 3.63) is 33.2 Å². The van der Waals surface area contributed by atoms with Gasteiger partial charge in [0.1, 0.15) is 0 Å². The second-order valence-electron chi connectivity index (χ2n) is 2.63. The lowest BCUT2D eigenvalue weighted by molar-refractivity contribution is -0.424. The Morgan fingerprint density at radius 2 is 2.08 bits per heavy atom. The van der Waals surface area contributed by atoms with Gasteiger partial charge >= 0.3 is 0 Å². The minimum Gasteiger partial charge on any atom is -0.399 e. The molecule has 2 N–H and O–H groups in total. The quantitative estimate of drug-likeness (QED) is 0.399. The zero-order valence-corrected chi connectivity index (χ0v) is 7.63. The lowest BCUT2D eigenvalue weighted by Crippen LogP contribution is -2.01. The number of nitrogens with zero attached hydrogens (tertiary/aromatic N) is 1. The SMILES string of the molecule is CC/C(C)=C(N)/C=C(\C)[N+](=O)[O-]. The Balaban J connectivity index is 4.64. The standard InChI is InChI=1S/C8H14N2O2/c1-4-6(2)8(9)5-7(3)10(11)12/h5H,4,9H2,1-3H3/b7-5+,8-6-. The summed E-state index contributed by atoms with van der Waals surface area (Å²) in [5.74, 6) is 0. The fourth-order valence-electron chi connectivity index (χ4n) is 0.605. The number of hydrogen-bond donors (Lipinski definition) is 1. The molecule has 0 aliphatic rings. The Labute approximate surface area is 71.9 Å². The van der Waals surface area contributed by atoms with E-state index in [1.54, 1.807) is 0 Å². The van der Waals surface area contributed by atoms with Gasteiger partial charge in [0.05, 0.1) is 4.92 Å². The van der Waals surface area contributed by atoms with Gasteiger partial charge in [-0.3, -0.25) is 10.1 Å². The average Bonchev–Trinajstić information content (AvgIpc) is 2.02. The molecule has 0 radical (unpaired) electrons. The zero-order valence-electron chi connectivity index (χ0n) is 7.63. The average molecular weight is 170 g/mol. The van der Waals surface area contributed by atoms with Crippen LogP contribution in [0.25, 0.3) is 0 Å². The number of nitro groups is 1. The summed E-state index contributed by atoms with van der Waals surface area (Å²) in [7, 11) is 0. The molecule has 0 aromatic carbocycles. The first kappa shape index (κ1) is 10.7. The van der Waals surface area contributed by atoms with Crippen molar-refractivity contribution in [3.8, 4) is 0 Å². The van der Waals surface area contributed by atoms with Gasteiger partial charge in [-0.05, 0) is 13.3 Å². The van der Waals surface area contributed by atoms with Gasteiger partial charge in [-0.1, -0.05) is 12.5 Å². The largest absolute Gasteiger partial charge is 0.399 e. The van der Waals surface area contributed by atoms with E-state index in [2.05, 4.69) is 0 Å². The molecule has 68 valence electrons. The Morgan fingerprint density at radius 3 is 2.42 bits per heavy atom. The first-order valence-electron chi connectivity index (χ1n) is 3.77.